The van der Waals surface area contributed by atoms with Crippen LogP contribution in [-0.4, -0.2) is 35.7 Å². The zero-order valence-electron chi connectivity index (χ0n) is 16.3. The maximum atomic E-state index is 13.5. The lowest BCUT2D eigenvalue weighted by molar-refractivity contribution is -0.124. The Balaban J connectivity index is 1.29. The molecule has 0 aromatic heterocycles. The van der Waals surface area contributed by atoms with Gasteiger partial charge in [-0.2, -0.15) is 5.26 Å². The topological polar surface area (TPSA) is 94.3 Å². The van der Waals surface area contributed by atoms with E-state index < -0.39 is 17.8 Å². The monoisotopic (exact) mass is 404 g/mol. The van der Waals surface area contributed by atoms with E-state index in [1.54, 1.807) is 12.1 Å². The molecule has 2 aliphatic carbocycles. The second-order valence-corrected chi connectivity index (χ2v) is 8.44. The Labute approximate surface area is 173 Å². The van der Waals surface area contributed by atoms with E-state index in [4.69, 9.17) is 0 Å². The van der Waals surface area contributed by atoms with E-state index in [-0.39, 0.29) is 23.4 Å². The van der Waals surface area contributed by atoms with Crippen LogP contribution in [0.2, 0.25) is 0 Å². The molecule has 2 aliphatic heterocycles. The fourth-order valence-electron chi connectivity index (χ4n) is 5.08. The number of piperidine rings is 1. The minimum Gasteiger partial charge on any atom is -0.339 e. The second kappa shape index (κ2) is 7.29. The number of rotatable bonds is 4. The summed E-state index contributed by atoms with van der Waals surface area (Å²) >= 11 is 0. The molecule has 1 aromatic carbocycles. The van der Waals surface area contributed by atoms with E-state index >= 15 is 0 Å². The van der Waals surface area contributed by atoms with Crippen LogP contribution in [-0.2, 0) is 4.79 Å². The number of allylic oxidation sites excluding steroid dienone is 3. The standard InChI is InChI=1S/C23H21FN4O2/c24-14-3-6-17-18-5-1-12(8-20(18)28-22(29)19(17)10-14)7-16(11-25)27-23(30)21-13-2-4-15(9-13)26-21/h1,3,5-6,8,10,13,15-16,18,21,26H,2,4,7,9H2,(H,27,30)/t13-,15+,16?,18?,21-/m0/s1. The van der Waals surface area contributed by atoms with Gasteiger partial charge in [-0.05, 0) is 54.5 Å². The summed E-state index contributed by atoms with van der Waals surface area (Å²) in [5.74, 6) is -0.900. The largest absolute Gasteiger partial charge is 0.339 e. The molecule has 1 aromatic rings. The molecule has 4 aliphatic rings. The number of aliphatic imine (C=N–C) groups is 1. The van der Waals surface area contributed by atoms with E-state index in [1.807, 2.05) is 12.2 Å². The van der Waals surface area contributed by atoms with Gasteiger partial charge >= 0.3 is 0 Å². The van der Waals surface area contributed by atoms with Crippen molar-refractivity contribution in [2.24, 2.45) is 10.9 Å². The van der Waals surface area contributed by atoms with Gasteiger partial charge in [0.2, 0.25) is 5.91 Å². The van der Waals surface area contributed by atoms with Crippen molar-refractivity contribution in [2.45, 2.75) is 49.7 Å². The number of hydrogen-bond acceptors (Lipinski definition) is 4. The third-order valence-electron chi connectivity index (χ3n) is 6.52. The molecule has 2 bridgehead atoms. The normalized spacial score (nSPS) is 29.4. The lowest BCUT2D eigenvalue weighted by Gasteiger charge is -2.26. The number of nitriles is 1. The molecule has 2 unspecified atom stereocenters. The molecule has 1 saturated carbocycles. The molecule has 0 radical (unpaired) electrons. The number of benzene rings is 1. The lowest BCUT2D eigenvalue weighted by atomic mass is 9.82. The molecule has 6 nitrogen and oxygen atoms in total. The van der Waals surface area contributed by atoms with Gasteiger partial charge in [-0.3, -0.25) is 9.59 Å². The predicted octanol–water partition coefficient (Wildman–Crippen LogP) is 2.54. The summed E-state index contributed by atoms with van der Waals surface area (Å²) in [7, 11) is 0. The molecule has 5 rings (SSSR count). The van der Waals surface area contributed by atoms with Gasteiger partial charge in [-0.15, -0.1) is 0 Å². The van der Waals surface area contributed by atoms with Gasteiger partial charge in [0.25, 0.3) is 5.91 Å². The summed E-state index contributed by atoms with van der Waals surface area (Å²) in [4.78, 5) is 29.1. The molecule has 2 fully saturated rings. The Morgan fingerprint density at radius 3 is 3.00 bits per heavy atom. The van der Waals surface area contributed by atoms with Crippen LogP contribution in [0.4, 0.5) is 4.39 Å². The average molecular weight is 404 g/mol. The van der Waals surface area contributed by atoms with E-state index in [2.05, 4.69) is 21.7 Å². The maximum absolute atomic E-state index is 13.5. The number of carbonyl (C=O) groups excluding carboxylic acids is 2. The number of hydrogen-bond donors (Lipinski definition) is 2. The number of amides is 2. The molecule has 5 atom stereocenters. The zero-order valence-corrected chi connectivity index (χ0v) is 16.3. The number of nitrogens with zero attached hydrogens (tertiary/aromatic N) is 2. The van der Waals surface area contributed by atoms with Gasteiger partial charge in [0.05, 0.1) is 17.8 Å². The highest BCUT2D eigenvalue weighted by Gasteiger charge is 2.43. The molecule has 7 heteroatoms. The number of nitrogens with one attached hydrogen (secondary N) is 2. The lowest BCUT2D eigenvalue weighted by Crippen LogP contribution is -2.50. The van der Waals surface area contributed by atoms with Crippen molar-refractivity contribution in [1.29, 1.82) is 5.26 Å². The van der Waals surface area contributed by atoms with Crippen LogP contribution < -0.4 is 10.6 Å². The minimum atomic E-state index is -0.660. The van der Waals surface area contributed by atoms with Gasteiger partial charge in [-0.1, -0.05) is 18.2 Å². The fourth-order valence-corrected chi connectivity index (χ4v) is 5.08. The smallest absolute Gasteiger partial charge is 0.277 e. The van der Waals surface area contributed by atoms with Crippen molar-refractivity contribution >= 4 is 17.5 Å². The van der Waals surface area contributed by atoms with Gasteiger partial charge in [0, 0.05) is 23.9 Å². The zero-order chi connectivity index (χ0) is 20.8. The first-order valence-electron chi connectivity index (χ1n) is 10.3. The van der Waals surface area contributed by atoms with Crippen molar-refractivity contribution in [3.63, 3.8) is 0 Å². The van der Waals surface area contributed by atoms with Crippen molar-refractivity contribution < 1.29 is 14.0 Å². The average Bonchev–Trinajstić information content (AvgIpc) is 3.37. The number of halogens is 1. The highest BCUT2D eigenvalue weighted by atomic mass is 19.1. The summed E-state index contributed by atoms with van der Waals surface area (Å²) < 4.78 is 13.5. The van der Waals surface area contributed by atoms with Crippen LogP contribution in [0.5, 0.6) is 0 Å². The van der Waals surface area contributed by atoms with Crippen LogP contribution in [0.25, 0.3) is 0 Å². The first-order valence-corrected chi connectivity index (χ1v) is 10.3. The van der Waals surface area contributed by atoms with Crippen LogP contribution >= 0.6 is 0 Å². The molecule has 2 amide bonds. The van der Waals surface area contributed by atoms with Gasteiger partial charge in [0.15, 0.2) is 0 Å². The van der Waals surface area contributed by atoms with Crippen molar-refractivity contribution in [3.05, 3.63) is 58.9 Å². The summed E-state index contributed by atoms with van der Waals surface area (Å²) in [6.45, 7) is 0. The van der Waals surface area contributed by atoms with E-state index in [0.717, 1.165) is 30.4 Å². The van der Waals surface area contributed by atoms with Crippen LogP contribution in [0.1, 0.15) is 47.5 Å². The highest BCUT2D eigenvalue weighted by Crippen LogP contribution is 2.36. The molecule has 30 heavy (non-hydrogen) atoms. The van der Waals surface area contributed by atoms with Crippen molar-refractivity contribution in [3.8, 4) is 6.07 Å². The Morgan fingerprint density at radius 2 is 2.27 bits per heavy atom. The Bertz CT molecular complexity index is 1070. The minimum absolute atomic E-state index is 0.117. The van der Waals surface area contributed by atoms with E-state index in [1.165, 1.54) is 12.1 Å². The van der Waals surface area contributed by atoms with E-state index in [9.17, 15) is 19.2 Å². The third-order valence-corrected chi connectivity index (χ3v) is 6.52. The fraction of sp³-hybridized carbons (Fsp3) is 0.391. The summed E-state index contributed by atoms with van der Waals surface area (Å²) in [5.41, 5.74) is 2.40. The Morgan fingerprint density at radius 1 is 1.40 bits per heavy atom. The van der Waals surface area contributed by atoms with Crippen LogP contribution in [0.3, 0.4) is 0 Å². The van der Waals surface area contributed by atoms with Crippen molar-refractivity contribution in [2.75, 3.05) is 0 Å². The predicted molar refractivity (Wildman–Crippen MR) is 108 cm³/mol. The summed E-state index contributed by atoms with van der Waals surface area (Å²) in [6.07, 6.45) is 9.12. The van der Waals surface area contributed by atoms with Crippen molar-refractivity contribution in [1.82, 2.24) is 10.6 Å². The molecule has 2 N–H and O–H groups in total. The molecular weight excluding hydrogens is 383 g/mol. The van der Waals surface area contributed by atoms with Crippen LogP contribution in [0, 0.1) is 23.1 Å². The molecule has 2 heterocycles. The summed E-state index contributed by atoms with van der Waals surface area (Å²) in [6, 6.07) is 5.89. The first kappa shape index (κ1) is 18.9. The SMILES string of the molecule is N#CC(CC1=CC2=NC(=O)c3cc(F)ccc3C2C=C1)NC(=O)[C@H]1N[C@@H]2CC[C@H]1C2. The summed E-state index contributed by atoms with van der Waals surface area (Å²) in [5, 5.41) is 15.8. The molecule has 1 saturated heterocycles. The van der Waals surface area contributed by atoms with Gasteiger partial charge < -0.3 is 10.6 Å². The third kappa shape index (κ3) is 3.27. The Hall–Kier alpha value is -3.11. The molecule has 152 valence electrons. The molecule has 0 spiro atoms. The number of fused-ring (bicyclic) bond motifs is 5. The Kier molecular flexibility index (Phi) is 4.59. The second-order valence-electron chi connectivity index (χ2n) is 8.44. The highest BCUT2D eigenvalue weighted by molar-refractivity contribution is 6.16. The quantitative estimate of drug-likeness (QED) is 0.806. The van der Waals surface area contributed by atoms with E-state index in [0.29, 0.717) is 24.1 Å². The number of carbonyl (C=O) groups is 2. The van der Waals surface area contributed by atoms with Gasteiger partial charge in [0.1, 0.15) is 11.9 Å². The molecular formula is C23H21FN4O2. The van der Waals surface area contributed by atoms with Crippen LogP contribution in [0.15, 0.2) is 47.0 Å². The first-order chi connectivity index (χ1) is 14.5. The maximum Gasteiger partial charge on any atom is 0.277 e. The van der Waals surface area contributed by atoms with Gasteiger partial charge in [-0.25, -0.2) is 9.38 Å².